The summed E-state index contributed by atoms with van der Waals surface area (Å²) < 4.78 is 5.03. The summed E-state index contributed by atoms with van der Waals surface area (Å²) in [5.41, 5.74) is 2.32. The number of carbonyl (C=O) groups is 1. The van der Waals surface area contributed by atoms with Crippen LogP contribution in [-0.2, 0) is 4.79 Å². The van der Waals surface area contributed by atoms with Crippen LogP contribution < -0.4 is 4.74 Å². The lowest BCUT2D eigenvalue weighted by atomic mass is 9.89. The Kier molecular flexibility index (Phi) is 4.41. The van der Waals surface area contributed by atoms with Crippen LogP contribution in [0.2, 0.25) is 0 Å². The highest BCUT2D eigenvalue weighted by Gasteiger charge is 2.12. The van der Waals surface area contributed by atoms with Gasteiger partial charge in [-0.05, 0) is 41.8 Å². The van der Waals surface area contributed by atoms with Gasteiger partial charge < -0.3 is 9.84 Å². The van der Waals surface area contributed by atoms with Crippen LogP contribution in [0.25, 0.3) is 0 Å². The number of phenolic OH excluding ortho intramolecular Hbond substituents is 1. The van der Waals surface area contributed by atoms with Crippen molar-refractivity contribution in [3.63, 3.8) is 0 Å². The van der Waals surface area contributed by atoms with E-state index >= 15 is 0 Å². The fourth-order valence-electron chi connectivity index (χ4n) is 2.30. The van der Waals surface area contributed by atoms with Crippen molar-refractivity contribution < 1.29 is 14.6 Å². The first kappa shape index (κ1) is 14.1. The van der Waals surface area contributed by atoms with Gasteiger partial charge in [0.25, 0.3) is 0 Å². The first-order valence-electron chi connectivity index (χ1n) is 6.67. The molecule has 1 N–H and O–H groups in total. The monoisotopic (exact) mass is 270 g/mol. The molecule has 0 aromatic heterocycles. The Hall–Kier alpha value is -2.29. The lowest BCUT2D eigenvalue weighted by Crippen LogP contribution is -2.02. The molecule has 0 amide bonds. The third-order valence-corrected chi connectivity index (χ3v) is 3.25. The van der Waals surface area contributed by atoms with Gasteiger partial charge >= 0.3 is 5.97 Å². The minimum absolute atomic E-state index is 0.266. The molecule has 2 aromatic rings. The van der Waals surface area contributed by atoms with E-state index in [9.17, 15) is 9.90 Å². The van der Waals surface area contributed by atoms with Crippen LogP contribution in [-0.4, -0.2) is 11.1 Å². The predicted molar refractivity (Wildman–Crippen MR) is 78.0 cm³/mol. The fourth-order valence-corrected chi connectivity index (χ4v) is 2.30. The zero-order chi connectivity index (χ0) is 14.5. The van der Waals surface area contributed by atoms with Crippen LogP contribution in [0.4, 0.5) is 0 Å². The Morgan fingerprint density at radius 3 is 2.00 bits per heavy atom. The number of benzene rings is 2. The first-order valence-corrected chi connectivity index (χ1v) is 6.67. The molecule has 0 bridgehead atoms. The van der Waals surface area contributed by atoms with E-state index in [2.05, 4.69) is 6.92 Å². The molecule has 1 atom stereocenters. The summed E-state index contributed by atoms with van der Waals surface area (Å²) in [5.74, 6) is 0.779. The van der Waals surface area contributed by atoms with E-state index < -0.39 is 0 Å². The number of carbonyl (C=O) groups excluding carboxylic acids is 1. The maximum absolute atomic E-state index is 10.9. The molecule has 104 valence electrons. The molecule has 2 rings (SSSR count). The van der Waals surface area contributed by atoms with E-state index in [4.69, 9.17) is 4.74 Å². The normalized spacial score (nSPS) is 11.9. The third-order valence-electron chi connectivity index (χ3n) is 3.25. The van der Waals surface area contributed by atoms with Crippen molar-refractivity contribution in [2.45, 2.75) is 26.2 Å². The minimum Gasteiger partial charge on any atom is -0.508 e. The topological polar surface area (TPSA) is 46.5 Å². The van der Waals surface area contributed by atoms with Crippen LogP contribution >= 0.6 is 0 Å². The van der Waals surface area contributed by atoms with E-state index in [1.54, 1.807) is 24.3 Å². The number of hydrogen-bond acceptors (Lipinski definition) is 3. The lowest BCUT2D eigenvalue weighted by Gasteiger charge is -2.16. The number of hydrogen-bond donors (Lipinski definition) is 1. The average molecular weight is 270 g/mol. The molecule has 0 spiro atoms. The van der Waals surface area contributed by atoms with Gasteiger partial charge in [0.2, 0.25) is 0 Å². The smallest absolute Gasteiger partial charge is 0.308 e. The zero-order valence-corrected chi connectivity index (χ0v) is 11.7. The molecule has 3 nitrogen and oxygen atoms in total. The molecule has 0 fully saturated rings. The molecule has 0 unspecified atom stereocenters. The van der Waals surface area contributed by atoms with Gasteiger partial charge in [0.1, 0.15) is 11.5 Å². The van der Waals surface area contributed by atoms with Crippen molar-refractivity contribution in [3.05, 3.63) is 59.7 Å². The van der Waals surface area contributed by atoms with Crippen LogP contribution in [0.15, 0.2) is 48.5 Å². The number of esters is 1. The molecule has 0 aliphatic rings. The minimum atomic E-state index is -0.316. The van der Waals surface area contributed by atoms with Crippen molar-refractivity contribution in [1.82, 2.24) is 0 Å². The van der Waals surface area contributed by atoms with Crippen LogP contribution in [0, 0.1) is 0 Å². The van der Waals surface area contributed by atoms with Gasteiger partial charge in [0.05, 0.1) is 0 Å². The second kappa shape index (κ2) is 6.24. The maximum Gasteiger partial charge on any atom is 0.308 e. The highest BCUT2D eigenvalue weighted by atomic mass is 16.5. The van der Waals surface area contributed by atoms with Crippen LogP contribution in [0.5, 0.6) is 11.5 Å². The Labute approximate surface area is 118 Å². The molecule has 0 heterocycles. The van der Waals surface area contributed by atoms with Crippen molar-refractivity contribution >= 4 is 5.97 Å². The average Bonchev–Trinajstić information content (AvgIpc) is 2.43. The molecular formula is C17H18O3. The Bertz CT molecular complexity index is 570. The van der Waals surface area contributed by atoms with E-state index in [1.807, 2.05) is 24.3 Å². The van der Waals surface area contributed by atoms with Crippen molar-refractivity contribution in [2.24, 2.45) is 0 Å². The highest BCUT2D eigenvalue weighted by molar-refractivity contribution is 5.69. The van der Waals surface area contributed by atoms with Crippen molar-refractivity contribution in [3.8, 4) is 11.5 Å². The van der Waals surface area contributed by atoms with Crippen molar-refractivity contribution in [2.75, 3.05) is 0 Å². The van der Waals surface area contributed by atoms with E-state index in [-0.39, 0.29) is 17.6 Å². The van der Waals surface area contributed by atoms with Crippen LogP contribution in [0.1, 0.15) is 37.3 Å². The van der Waals surface area contributed by atoms with Gasteiger partial charge in [-0.3, -0.25) is 4.79 Å². The van der Waals surface area contributed by atoms with Gasteiger partial charge in [0.15, 0.2) is 0 Å². The van der Waals surface area contributed by atoms with Gasteiger partial charge in [-0.25, -0.2) is 0 Å². The van der Waals surface area contributed by atoms with Gasteiger partial charge in [-0.2, -0.15) is 0 Å². The predicted octanol–water partition coefficient (Wildman–Crippen LogP) is 3.86. The molecule has 0 radical (unpaired) electrons. The Morgan fingerprint density at radius 2 is 1.55 bits per heavy atom. The van der Waals surface area contributed by atoms with Crippen molar-refractivity contribution in [1.29, 1.82) is 0 Å². The van der Waals surface area contributed by atoms with Gasteiger partial charge in [0, 0.05) is 12.8 Å². The molecule has 0 aliphatic carbocycles. The Balaban J connectivity index is 2.23. The summed E-state index contributed by atoms with van der Waals surface area (Å²) in [6.45, 7) is 3.51. The summed E-state index contributed by atoms with van der Waals surface area (Å²) >= 11 is 0. The number of ether oxygens (including phenoxy) is 1. The maximum atomic E-state index is 10.9. The zero-order valence-electron chi connectivity index (χ0n) is 11.7. The van der Waals surface area contributed by atoms with E-state index in [0.29, 0.717) is 5.75 Å². The van der Waals surface area contributed by atoms with Crippen LogP contribution in [0.3, 0.4) is 0 Å². The van der Waals surface area contributed by atoms with E-state index in [0.717, 1.165) is 17.5 Å². The second-order valence-corrected chi connectivity index (χ2v) is 4.72. The molecule has 0 saturated carbocycles. The quantitative estimate of drug-likeness (QED) is 0.678. The standard InChI is InChI=1S/C17H18O3/c1-3-17(13-4-8-15(19)9-5-13)14-6-10-16(11-7-14)20-12(2)18/h4-11,17,19H,3H2,1-2H3/t17-/m1/s1. The summed E-state index contributed by atoms with van der Waals surface area (Å²) in [5, 5.41) is 9.35. The Morgan fingerprint density at radius 1 is 1.05 bits per heavy atom. The number of phenols is 1. The largest absolute Gasteiger partial charge is 0.508 e. The first-order chi connectivity index (χ1) is 9.60. The fraction of sp³-hybridized carbons (Fsp3) is 0.235. The molecular weight excluding hydrogens is 252 g/mol. The SMILES string of the molecule is CC[C@H](c1ccc(O)cc1)c1ccc(OC(C)=O)cc1. The summed E-state index contributed by atoms with van der Waals surface area (Å²) in [6.07, 6.45) is 0.956. The molecule has 2 aromatic carbocycles. The molecule has 20 heavy (non-hydrogen) atoms. The second-order valence-electron chi connectivity index (χ2n) is 4.72. The number of rotatable bonds is 4. The molecule has 0 aliphatic heterocycles. The summed E-state index contributed by atoms with van der Waals surface area (Å²) in [7, 11) is 0. The third kappa shape index (κ3) is 3.38. The van der Waals surface area contributed by atoms with E-state index in [1.165, 1.54) is 6.92 Å². The van der Waals surface area contributed by atoms with Gasteiger partial charge in [-0.15, -0.1) is 0 Å². The highest BCUT2D eigenvalue weighted by Crippen LogP contribution is 2.30. The summed E-state index contributed by atoms with van der Waals surface area (Å²) in [4.78, 5) is 10.9. The molecule has 0 saturated heterocycles. The van der Waals surface area contributed by atoms with Gasteiger partial charge in [-0.1, -0.05) is 31.2 Å². The number of aromatic hydroxyl groups is 1. The molecule has 3 heteroatoms. The lowest BCUT2D eigenvalue weighted by molar-refractivity contribution is -0.131. The summed E-state index contributed by atoms with van der Waals surface area (Å²) in [6, 6.07) is 14.8.